The zero-order chi connectivity index (χ0) is 33.3. The van der Waals surface area contributed by atoms with Gasteiger partial charge in [-0.2, -0.15) is 0 Å². The van der Waals surface area contributed by atoms with E-state index in [4.69, 9.17) is 0 Å². The molecule has 0 bridgehead atoms. The van der Waals surface area contributed by atoms with Crippen molar-refractivity contribution in [2.24, 2.45) is 0 Å². The van der Waals surface area contributed by atoms with Gasteiger partial charge < -0.3 is 14.9 Å². The number of amides is 2. The number of fused-ring (bicyclic) bond motifs is 1. The van der Waals surface area contributed by atoms with Gasteiger partial charge in [-0.05, 0) is 102 Å². The number of carbonyl (C=O) groups excluding carboxylic acids is 2. The first-order valence-electron chi connectivity index (χ1n) is 18.1. The lowest BCUT2D eigenvalue weighted by Gasteiger charge is -2.44. The van der Waals surface area contributed by atoms with Gasteiger partial charge in [0.2, 0.25) is 11.8 Å². The molecule has 0 saturated carbocycles. The predicted octanol–water partition coefficient (Wildman–Crippen LogP) is 6.57. The average molecular weight is 655 g/mol. The minimum Gasteiger partial charge on any atom is -0.508 e. The molecule has 7 nitrogen and oxygen atoms in total. The Labute approximate surface area is 289 Å². The van der Waals surface area contributed by atoms with E-state index in [2.05, 4.69) is 105 Å². The standard InChI is InChI=1S/C42H46N4O3/c47-36-15-17-38-32(28-36)10-16-37(29-4-2-1-3-5-29)41(38)31-8-13-33(14-9-31)44-22-20-35(21-23-44)46-26-24-45(25-27-46)34-11-6-30(7-12-34)39-18-19-40(48)43-42(39)49/h1-9,11-15,17,28,35,37,39,41,47H,10,16,18-27H2,(H,43,48,49)/t37-,39?,41+/m1/s1. The highest BCUT2D eigenvalue weighted by atomic mass is 16.3. The number of aryl methyl sites for hydroxylation is 1. The van der Waals surface area contributed by atoms with Crippen LogP contribution in [0.15, 0.2) is 97.1 Å². The second-order valence-electron chi connectivity index (χ2n) is 14.3. The summed E-state index contributed by atoms with van der Waals surface area (Å²) in [5, 5.41) is 12.7. The first-order chi connectivity index (χ1) is 24.0. The monoisotopic (exact) mass is 654 g/mol. The van der Waals surface area contributed by atoms with Gasteiger partial charge in [-0.1, -0.05) is 60.7 Å². The molecule has 4 aromatic rings. The number of nitrogens with one attached hydrogen (secondary N) is 1. The number of carbonyl (C=O) groups is 2. The van der Waals surface area contributed by atoms with Crippen LogP contribution in [-0.2, 0) is 16.0 Å². The van der Waals surface area contributed by atoms with Gasteiger partial charge in [0, 0.05) is 69.0 Å². The summed E-state index contributed by atoms with van der Waals surface area (Å²) >= 11 is 0. The third kappa shape index (κ3) is 6.56. The minimum absolute atomic E-state index is 0.169. The van der Waals surface area contributed by atoms with Crippen molar-refractivity contribution < 1.29 is 14.7 Å². The van der Waals surface area contributed by atoms with Crippen molar-refractivity contribution in [3.63, 3.8) is 0 Å². The first-order valence-corrected chi connectivity index (χ1v) is 18.1. The number of aromatic hydroxyl groups is 1. The van der Waals surface area contributed by atoms with Gasteiger partial charge in [-0.25, -0.2) is 0 Å². The second kappa shape index (κ2) is 13.7. The van der Waals surface area contributed by atoms with E-state index in [9.17, 15) is 14.7 Å². The molecule has 3 saturated heterocycles. The molecule has 3 aliphatic heterocycles. The topological polar surface area (TPSA) is 76.1 Å². The largest absolute Gasteiger partial charge is 0.508 e. The normalized spacial score (nSPS) is 23.6. The van der Waals surface area contributed by atoms with Gasteiger partial charge in [0.25, 0.3) is 0 Å². The summed E-state index contributed by atoms with van der Waals surface area (Å²) in [6.45, 7) is 6.30. The summed E-state index contributed by atoms with van der Waals surface area (Å²) in [5.41, 5.74) is 8.86. The molecule has 3 atom stereocenters. The van der Waals surface area contributed by atoms with Crippen LogP contribution < -0.4 is 15.1 Å². The Hall–Kier alpha value is -4.62. The molecule has 3 heterocycles. The quantitative estimate of drug-likeness (QED) is 0.229. The Balaban J connectivity index is 0.871. The minimum atomic E-state index is -0.231. The fraction of sp³-hybridized carbons (Fsp3) is 0.381. The van der Waals surface area contributed by atoms with Crippen molar-refractivity contribution in [2.45, 2.75) is 62.3 Å². The zero-order valence-electron chi connectivity index (χ0n) is 28.1. The molecule has 1 aliphatic carbocycles. The smallest absolute Gasteiger partial charge is 0.234 e. The highest BCUT2D eigenvalue weighted by molar-refractivity contribution is 6.00. The number of phenols is 1. The van der Waals surface area contributed by atoms with Gasteiger partial charge in [-0.15, -0.1) is 0 Å². The first kappa shape index (κ1) is 31.6. The summed E-state index contributed by atoms with van der Waals surface area (Å²) in [4.78, 5) is 31.5. The van der Waals surface area contributed by atoms with Gasteiger partial charge in [0.15, 0.2) is 0 Å². The van der Waals surface area contributed by atoms with Crippen molar-refractivity contribution in [2.75, 3.05) is 49.1 Å². The fourth-order valence-corrected chi connectivity index (χ4v) is 8.93. The third-order valence-electron chi connectivity index (χ3n) is 11.6. The van der Waals surface area contributed by atoms with E-state index in [1.807, 2.05) is 12.1 Å². The zero-order valence-corrected chi connectivity index (χ0v) is 28.1. The van der Waals surface area contributed by atoms with Crippen LogP contribution in [0.2, 0.25) is 0 Å². The van der Waals surface area contributed by atoms with Gasteiger partial charge in [0.05, 0.1) is 5.92 Å². The molecule has 7 heteroatoms. The Morgan fingerprint density at radius 3 is 1.94 bits per heavy atom. The maximum Gasteiger partial charge on any atom is 0.234 e. The van der Waals surface area contributed by atoms with E-state index < -0.39 is 0 Å². The van der Waals surface area contributed by atoms with Crippen LogP contribution in [0.3, 0.4) is 0 Å². The summed E-state index contributed by atoms with van der Waals surface area (Å²) < 4.78 is 0. The van der Waals surface area contributed by atoms with Crippen LogP contribution >= 0.6 is 0 Å². The highest BCUT2D eigenvalue weighted by Gasteiger charge is 2.33. The number of rotatable bonds is 6. The van der Waals surface area contributed by atoms with Crippen LogP contribution in [-0.4, -0.2) is 67.1 Å². The van der Waals surface area contributed by atoms with E-state index in [0.717, 1.165) is 57.7 Å². The number of phenolic OH excluding ortho intramolecular Hbond substituents is 1. The maximum atomic E-state index is 12.3. The van der Waals surface area contributed by atoms with E-state index >= 15 is 0 Å². The molecule has 0 aromatic heterocycles. The van der Waals surface area contributed by atoms with Crippen molar-refractivity contribution in [3.8, 4) is 5.75 Å². The summed E-state index contributed by atoms with van der Waals surface area (Å²) in [6, 6.07) is 35.3. The summed E-state index contributed by atoms with van der Waals surface area (Å²) in [6.07, 6.45) is 5.41. The SMILES string of the molecule is O=C1CCC(c2ccc(N3CCN(C4CCN(c5ccc([C@@H]6c7ccc(O)cc7CC[C@@H]6c6ccccc6)cc5)CC4)CC3)cc2)C(=O)N1. The molecular formula is C42H46N4O3. The van der Waals surface area contributed by atoms with Crippen LogP contribution in [0.4, 0.5) is 11.4 Å². The third-order valence-corrected chi connectivity index (χ3v) is 11.6. The van der Waals surface area contributed by atoms with Gasteiger partial charge >= 0.3 is 0 Å². The molecule has 252 valence electrons. The van der Waals surface area contributed by atoms with E-state index in [1.54, 1.807) is 0 Å². The summed E-state index contributed by atoms with van der Waals surface area (Å²) in [5.74, 6) is 0.467. The number of nitrogens with zero attached hydrogens (tertiary/aromatic N) is 3. The van der Waals surface area contributed by atoms with Crippen molar-refractivity contribution in [3.05, 3.63) is 125 Å². The lowest BCUT2D eigenvalue weighted by molar-refractivity contribution is -0.134. The van der Waals surface area contributed by atoms with E-state index in [-0.39, 0.29) is 23.7 Å². The lowest BCUT2D eigenvalue weighted by atomic mass is 9.69. The summed E-state index contributed by atoms with van der Waals surface area (Å²) in [7, 11) is 0. The van der Waals surface area contributed by atoms with Crippen LogP contribution in [0.5, 0.6) is 5.75 Å². The number of imide groups is 1. The maximum absolute atomic E-state index is 12.3. The van der Waals surface area contributed by atoms with Crippen molar-refractivity contribution in [1.29, 1.82) is 0 Å². The molecule has 8 rings (SSSR count). The molecule has 0 radical (unpaired) electrons. The predicted molar refractivity (Wildman–Crippen MR) is 194 cm³/mol. The van der Waals surface area contributed by atoms with E-state index in [0.29, 0.717) is 30.6 Å². The number of anilines is 2. The number of hydrogen-bond donors (Lipinski definition) is 2. The molecule has 3 fully saturated rings. The van der Waals surface area contributed by atoms with E-state index in [1.165, 1.54) is 46.5 Å². The Morgan fingerprint density at radius 2 is 1.27 bits per heavy atom. The molecule has 0 spiro atoms. The van der Waals surface area contributed by atoms with Crippen molar-refractivity contribution in [1.82, 2.24) is 10.2 Å². The molecule has 4 aromatic carbocycles. The van der Waals surface area contributed by atoms with Gasteiger partial charge in [0.1, 0.15) is 5.75 Å². The van der Waals surface area contributed by atoms with Gasteiger partial charge in [-0.3, -0.25) is 19.8 Å². The Morgan fingerprint density at radius 1 is 0.612 bits per heavy atom. The molecule has 1 unspecified atom stereocenters. The second-order valence-corrected chi connectivity index (χ2v) is 14.3. The van der Waals surface area contributed by atoms with Crippen molar-refractivity contribution >= 4 is 23.2 Å². The number of piperidine rings is 2. The number of piperazine rings is 1. The number of benzene rings is 4. The lowest BCUT2D eigenvalue weighted by Crippen LogP contribution is -2.53. The fourth-order valence-electron chi connectivity index (χ4n) is 8.93. The molecule has 4 aliphatic rings. The van der Waals surface area contributed by atoms with Crippen LogP contribution in [0.25, 0.3) is 0 Å². The Kier molecular flexibility index (Phi) is 8.85. The molecule has 2 amide bonds. The highest BCUT2D eigenvalue weighted by Crippen LogP contribution is 2.47. The van der Waals surface area contributed by atoms with Crippen LogP contribution in [0, 0.1) is 0 Å². The molecule has 2 N–H and O–H groups in total. The molecule has 49 heavy (non-hydrogen) atoms. The average Bonchev–Trinajstić information content (AvgIpc) is 3.15. The van der Waals surface area contributed by atoms with Crippen LogP contribution in [0.1, 0.15) is 77.7 Å². The Bertz CT molecular complexity index is 1780. The molecular weight excluding hydrogens is 608 g/mol. The number of hydrogen-bond acceptors (Lipinski definition) is 6.